The number of nitrogens with one attached hydrogen (secondary N) is 1. The molecule has 0 aromatic heterocycles. The Morgan fingerprint density at radius 3 is 2.54 bits per heavy atom. The van der Waals surface area contributed by atoms with Gasteiger partial charge in [0, 0.05) is 10.2 Å². The number of hydrogen-bond acceptors (Lipinski definition) is 2. The fourth-order valence-corrected chi connectivity index (χ4v) is 0.618. The van der Waals surface area contributed by atoms with Crippen LogP contribution in [0.5, 0.6) is 0 Å². The van der Waals surface area contributed by atoms with Crippen molar-refractivity contribution in [2.75, 3.05) is 0 Å². The zero-order chi connectivity index (χ0) is 10.1. The van der Waals surface area contributed by atoms with Gasteiger partial charge in [-0.2, -0.15) is 0 Å². The highest BCUT2D eigenvalue weighted by molar-refractivity contribution is 5.69. The Bertz CT molecular complexity index is 244. The van der Waals surface area contributed by atoms with E-state index in [2.05, 4.69) is 10.3 Å². The first kappa shape index (κ1) is 11.4. The van der Waals surface area contributed by atoms with Crippen LogP contribution in [-0.2, 0) is 4.94 Å². The Morgan fingerprint density at radius 2 is 2.08 bits per heavy atom. The van der Waals surface area contributed by atoms with Gasteiger partial charge in [-0.3, -0.25) is 5.32 Å². The van der Waals surface area contributed by atoms with Crippen molar-refractivity contribution in [3.63, 3.8) is 0 Å². The molecule has 1 amide bonds. The van der Waals surface area contributed by atoms with Gasteiger partial charge in [0.25, 0.3) is 0 Å². The number of halogens is 1. The summed E-state index contributed by atoms with van der Waals surface area (Å²) in [6.07, 6.45) is 7.45. The van der Waals surface area contributed by atoms with Crippen LogP contribution >= 0.6 is 0 Å². The topological polar surface area (TPSA) is 38.3 Å². The number of allylic oxidation sites excluding steroid dienone is 5. The molecular weight excluding hydrogens is 173 g/mol. The average molecular weight is 185 g/mol. The molecule has 0 bridgehead atoms. The summed E-state index contributed by atoms with van der Waals surface area (Å²) in [4.78, 5) is 13.4. The monoisotopic (exact) mass is 185 g/mol. The molecule has 0 saturated carbocycles. The van der Waals surface area contributed by atoms with E-state index in [-0.39, 0.29) is 0 Å². The van der Waals surface area contributed by atoms with Gasteiger partial charge in [0.1, 0.15) is 0 Å². The third-order valence-corrected chi connectivity index (χ3v) is 1.21. The summed E-state index contributed by atoms with van der Waals surface area (Å²) in [6.45, 7) is 3.58. The van der Waals surface area contributed by atoms with E-state index < -0.39 is 6.09 Å². The molecule has 0 aromatic carbocycles. The second kappa shape index (κ2) is 7.09. The van der Waals surface area contributed by atoms with E-state index in [0.717, 1.165) is 0 Å². The predicted octanol–water partition coefficient (Wildman–Crippen LogP) is 2.63. The fraction of sp³-hybridized carbons (Fsp3) is 0.222. The van der Waals surface area contributed by atoms with Gasteiger partial charge in [-0.05, 0) is 19.9 Å². The predicted molar refractivity (Wildman–Crippen MR) is 48.4 cm³/mol. The van der Waals surface area contributed by atoms with E-state index in [1.165, 1.54) is 0 Å². The van der Waals surface area contributed by atoms with Crippen LogP contribution in [0.1, 0.15) is 13.8 Å². The van der Waals surface area contributed by atoms with Crippen molar-refractivity contribution in [2.24, 2.45) is 0 Å². The minimum atomic E-state index is -1.13. The van der Waals surface area contributed by atoms with Crippen LogP contribution in [0.3, 0.4) is 0 Å². The smallest absolute Gasteiger partial charge is 0.289 e. The molecule has 0 atom stereocenters. The van der Waals surface area contributed by atoms with Gasteiger partial charge in [-0.25, -0.2) is 9.74 Å². The van der Waals surface area contributed by atoms with Crippen LogP contribution in [0.4, 0.5) is 9.32 Å². The summed E-state index contributed by atoms with van der Waals surface area (Å²) >= 11 is 0. The second-order valence-corrected chi connectivity index (χ2v) is 2.12. The minimum Gasteiger partial charge on any atom is -0.289 e. The van der Waals surface area contributed by atoms with Gasteiger partial charge in [0.15, 0.2) is 0 Å². The lowest BCUT2D eigenvalue weighted by Crippen LogP contribution is -2.19. The number of amides is 1. The molecule has 0 rings (SSSR count). The highest BCUT2D eigenvalue weighted by Crippen LogP contribution is 1.93. The van der Waals surface area contributed by atoms with Crippen LogP contribution in [0.15, 0.2) is 36.1 Å². The zero-order valence-electron chi connectivity index (χ0n) is 7.58. The molecule has 0 aliphatic heterocycles. The lowest BCUT2D eigenvalue weighted by Gasteiger charge is -1.99. The molecule has 0 radical (unpaired) electrons. The molecule has 0 spiro atoms. The maximum Gasteiger partial charge on any atom is 0.449 e. The molecule has 0 heterocycles. The molecule has 0 fully saturated rings. The van der Waals surface area contributed by atoms with E-state index in [4.69, 9.17) is 0 Å². The molecule has 0 aliphatic carbocycles. The summed E-state index contributed by atoms with van der Waals surface area (Å²) < 4.78 is 11.3. The van der Waals surface area contributed by atoms with Gasteiger partial charge in [0.2, 0.25) is 0 Å². The Labute approximate surface area is 76.5 Å². The van der Waals surface area contributed by atoms with E-state index in [1.807, 2.05) is 13.0 Å². The fourth-order valence-electron chi connectivity index (χ4n) is 0.618. The lowest BCUT2D eigenvalue weighted by molar-refractivity contribution is -0.0609. The largest absolute Gasteiger partial charge is 0.449 e. The Hall–Kier alpha value is -1.58. The quantitative estimate of drug-likeness (QED) is 0.686. The maximum absolute atomic E-state index is 11.3. The molecular formula is C9H12FNO2. The number of hydrogen-bond donors (Lipinski definition) is 1. The van der Waals surface area contributed by atoms with Gasteiger partial charge in [-0.15, -0.1) is 0 Å². The molecule has 0 aliphatic rings. The number of carbonyl (C=O) groups excluding carboxylic acids is 1. The van der Waals surface area contributed by atoms with Gasteiger partial charge < -0.3 is 0 Å². The SMILES string of the molecule is C\C=C/C=C\C(=C/C)NC(=O)OF. The molecule has 13 heavy (non-hydrogen) atoms. The molecule has 4 heteroatoms. The second-order valence-electron chi connectivity index (χ2n) is 2.12. The van der Waals surface area contributed by atoms with Crippen LogP contribution in [-0.4, -0.2) is 6.09 Å². The molecule has 1 N–H and O–H groups in total. The van der Waals surface area contributed by atoms with Crippen LogP contribution in [0.2, 0.25) is 0 Å². The van der Waals surface area contributed by atoms with Gasteiger partial charge in [0.05, 0.1) is 0 Å². The van der Waals surface area contributed by atoms with Crippen LogP contribution in [0, 0.1) is 0 Å². The average Bonchev–Trinajstić information content (AvgIpc) is 2.16. The summed E-state index contributed by atoms with van der Waals surface area (Å²) in [5, 5.41) is 2.18. The number of rotatable bonds is 3. The van der Waals surface area contributed by atoms with Crippen molar-refractivity contribution in [3.05, 3.63) is 36.1 Å². The maximum atomic E-state index is 11.3. The molecule has 0 aromatic rings. The van der Waals surface area contributed by atoms with Crippen molar-refractivity contribution in [1.82, 2.24) is 5.32 Å². The van der Waals surface area contributed by atoms with Crippen molar-refractivity contribution >= 4 is 6.09 Å². The van der Waals surface area contributed by atoms with Gasteiger partial charge in [-0.1, -0.05) is 24.3 Å². The van der Waals surface area contributed by atoms with Crippen LogP contribution < -0.4 is 5.32 Å². The first-order chi connectivity index (χ1) is 6.24. The zero-order valence-corrected chi connectivity index (χ0v) is 7.58. The molecule has 0 saturated heterocycles. The van der Waals surface area contributed by atoms with E-state index >= 15 is 0 Å². The molecule has 3 nitrogen and oxygen atoms in total. The lowest BCUT2D eigenvalue weighted by atomic mass is 10.3. The van der Waals surface area contributed by atoms with E-state index in [0.29, 0.717) is 5.70 Å². The first-order valence-corrected chi connectivity index (χ1v) is 3.79. The van der Waals surface area contributed by atoms with Crippen molar-refractivity contribution in [3.8, 4) is 0 Å². The Balaban J connectivity index is 4.13. The highest BCUT2D eigenvalue weighted by atomic mass is 19.3. The van der Waals surface area contributed by atoms with Gasteiger partial charge >= 0.3 is 6.09 Å². The van der Waals surface area contributed by atoms with E-state index in [1.54, 1.807) is 31.2 Å². The third-order valence-electron chi connectivity index (χ3n) is 1.21. The Kier molecular flexibility index (Phi) is 6.23. The van der Waals surface area contributed by atoms with E-state index in [9.17, 15) is 9.32 Å². The highest BCUT2D eigenvalue weighted by Gasteiger charge is 2.00. The normalized spacial score (nSPS) is 12.4. The summed E-state index contributed by atoms with van der Waals surface area (Å²) in [5.74, 6) is 0. The first-order valence-electron chi connectivity index (χ1n) is 3.79. The molecule has 0 unspecified atom stereocenters. The van der Waals surface area contributed by atoms with Crippen molar-refractivity contribution < 1.29 is 14.3 Å². The standard InChI is InChI=1S/C9H12FNO2/c1-3-5-6-7-8(4-2)11-9(12)13-10/h3-7H,1-2H3,(H,11,12)/b5-3-,7-6-,8-4+. The van der Waals surface area contributed by atoms with Crippen molar-refractivity contribution in [2.45, 2.75) is 13.8 Å². The summed E-state index contributed by atoms with van der Waals surface area (Å²) in [5.41, 5.74) is 0.473. The summed E-state index contributed by atoms with van der Waals surface area (Å²) in [7, 11) is 0. The minimum absolute atomic E-state index is 0.473. The van der Waals surface area contributed by atoms with Crippen LogP contribution in [0.25, 0.3) is 0 Å². The van der Waals surface area contributed by atoms with Crippen molar-refractivity contribution in [1.29, 1.82) is 0 Å². The Morgan fingerprint density at radius 1 is 1.38 bits per heavy atom. The number of carbonyl (C=O) groups is 1. The summed E-state index contributed by atoms with van der Waals surface area (Å²) in [6, 6.07) is 0. The molecule has 72 valence electrons. The third kappa shape index (κ3) is 5.66.